The van der Waals surface area contributed by atoms with Crippen molar-refractivity contribution in [3.63, 3.8) is 0 Å². The maximum Gasteiger partial charge on any atom is 0.322 e. The van der Waals surface area contributed by atoms with Crippen LogP contribution < -0.4 is 5.32 Å². The van der Waals surface area contributed by atoms with Crippen molar-refractivity contribution in [1.82, 2.24) is 15.1 Å². The highest BCUT2D eigenvalue weighted by Gasteiger charge is 2.32. The highest BCUT2D eigenvalue weighted by atomic mass is 16.4. The van der Waals surface area contributed by atoms with Crippen molar-refractivity contribution in [3.05, 3.63) is 46.7 Å². The number of hydrogen-bond donors (Lipinski definition) is 3. The summed E-state index contributed by atoms with van der Waals surface area (Å²) in [6, 6.07) is 6.95. The van der Waals surface area contributed by atoms with E-state index in [1.807, 2.05) is 19.0 Å². The van der Waals surface area contributed by atoms with Crippen LogP contribution in [0.25, 0.3) is 0 Å². The first-order valence-electron chi connectivity index (χ1n) is 9.67. The maximum absolute atomic E-state index is 12.6. The lowest BCUT2D eigenvalue weighted by Crippen LogP contribution is -2.43. The van der Waals surface area contributed by atoms with Gasteiger partial charge in [-0.25, -0.2) is 0 Å². The van der Waals surface area contributed by atoms with Gasteiger partial charge in [-0.1, -0.05) is 24.3 Å². The summed E-state index contributed by atoms with van der Waals surface area (Å²) < 4.78 is 0. The van der Waals surface area contributed by atoms with E-state index in [1.165, 1.54) is 4.90 Å². The molecule has 0 saturated carbocycles. The average Bonchev–Trinajstić information content (AvgIpc) is 2.68. The van der Waals surface area contributed by atoms with E-state index in [1.54, 1.807) is 24.3 Å². The molecule has 0 unspecified atom stereocenters. The molecule has 0 saturated heterocycles. The Balaban J connectivity index is 1.99. The standard InChI is InChI=1S/C21H27N3O6/c1-23(2)10-3-4-16(25)15-7-5-14(6-8-15)13-24-11-9-17(26)19(21(24)30)20(29)22-12-18(27)28/h5-8,26H,3-4,9-13H2,1-2H3,(H,22,29)(H,27,28). The molecule has 0 aromatic heterocycles. The molecule has 2 rings (SSSR count). The number of carbonyl (C=O) groups excluding carboxylic acids is 3. The zero-order valence-electron chi connectivity index (χ0n) is 17.2. The quantitative estimate of drug-likeness (QED) is 0.382. The molecule has 1 aromatic rings. The van der Waals surface area contributed by atoms with Crippen LogP contribution in [0.2, 0.25) is 0 Å². The lowest BCUT2D eigenvalue weighted by atomic mass is 10.0. The third-order valence-electron chi connectivity index (χ3n) is 4.69. The van der Waals surface area contributed by atoms with E-state index in [9.17, 15) is 24.3 Å². The lowest BCUT2D eigenvalue weighted by molar-refractivity contribution is -0.138. The average molecular weight is 417 g/mol. The number of carboxylic acid groups (broad SMARTS) is 1. The van der Waals surface area contributed by atoms with Crippen molar-refractivity contribution in [2.45, 2.75) is 25.8 Å². The van der Waals surface area contributed by atoms with Gasteiger partial charge in [0.15, 0.2) is 5.78 Å². The molecule has 9 heteroatoms. The topological polar surface area (TPSA) is 127 Å². The second-order valence-corrected chi connectivity index (χ2v) is 7.40. The zero-order valence-corrected chi connectivity index (χ0v) is 17.2. The Morgan fingerprint density at radius 1 is 1.17 bits per heavy atom. The fourth-order valence-corrected chi connectivity index (χ4v) is 3.09. The van der Waals surface area contributed by atoms with Crippen molar-refractivity contribution in [2.75, 3.05) is 33.7 Å². The summed E-state index contributed by atoms with van der Waals surface area (Å²) in [7, 11) is 3.91. The summed E-state index contributed by atoms with van der Waals surface area (Å²) >= 11 is 0. The molecule has 30 heavy (non-hydrogen) atoms. The van der Waals surface area contributed by atoms with Crippen LogP contribution in [0.15, 0.2) is 35.6 Å². The largest absolute Gasteiger partial charge is 0.511 e. The second-order valence-electron chi connectivity index (χ2n) is 7.40. The number of carboxylic acids is 1. The molecule has 0 spiro atoms. The number of hydrogen-bond acceptors (Lipinski definition) is 6. The minimum Gasteiger partial charge on any atom is -0.511 e. The molecule has 0 bridgehead atoms. The summed E-state index contributed by atoms with van der Waals surface area (Å²) in [5.74, 6) is -3.12. The number of rotatable bonds is 10. The molecule has 1 aliphatic rings. The predicted molar refractivity (Wildman–Crippen MR) is 109 cm³/mol. The summed E-state index contributed by atoms with van der Waals surface area (Å²) in [4.78, 5) is 51.0. The van der Waals surface area contributed by atoms with Gasteiger partial charge in [-0.05, 0) is 32.6 Å². The molecule has 162 valence electrons. The number of nitrogens with zero attached hydrogens (tertiary/aromatic N) is 2. The van der Waals surface area contributed by atoms with Gasteiger partial charge < -0.3 is 25.3 Å². The maximum atomic E-state index is 12.6. The van der Waals surface area contributed by atoms with Crippen molar-refractivity contribution in [2.24, 2.45) is 0 Å². The number of amides is 2. The fraction of sp³-hybridized carbons (Fsp3) is 0.429. The van der Waals surface area contributed by atoms with E-state index < -0.39 is 29.9 Å². The first-order valence-corrected chi connectivity index (χ1v) is 9.67. The summed E-state index contributed by atoms with van der Waals surface area (Å²) in [6.07, 6.45) is 1.34. The van der Waals surface area contributed by atoms with E-state index in [4.69, 9.17) is 5.11 Å². The van der Waals surface area contributed by atoms with E-state index in [0.717, 1.165) is 18.5 Å². The van der Waals surface area contributed by atoms with Gasteiger partial charge >= 0.3 is 5.97 Å². The Morgan fingerprint density at radius 3 is 2.43 bits per heavy atom. The SMILES string of the molecule is CN(C)CCCC(=O)c1ccc(CN2CCC(O)=C(C(=O)NCC(=O)O)C2=O)cc1. The van der Waals surface area contributed by atoms with Crippen molar-refractivity contribution >= 4 is 23.6 Å². The molecule has 1 heterocycles. The van der Waals surface area contributed by atoms with Gasteiger partial charge in [0.1, 0.15) is 17.9 Å². The molecule has 2 amide bonds. The van der Waals surface area contributed by atoms with E-state index >= 15 is 0 Å². The molecule has 0 fully saturated rings. The number of aliphatic carboxylic acids is 1. The smallest absolute Gasteiger partial charge is 0.322 e. The molecule has 9 nitrogen and oxygen atoms in total. The van der Waals surface area contributed by atoms with E-state index in [0.29, 0.717) is 12.0 Å². The van der Waals surface area contributed by atoms with Crippen LogP contribution in [-0.2, 0) is 20.9 Å². The molecular weight excluding hydrogens is 390 g/mol. The lowest BCUT2D eigenvalue weighted by Gasteiger charge is -2.28. The van der Waals surface area contributed by atoms with Gasteiger partial charge in [-0.2, -0.15) is 0 Å². The van der Waals surface area contributed by atoms with Gasteiger partial charge in [0.05, 0.1) is 0 Å². The number of aliphatic hydroxyl groups excluding tert-OH is 1. The highest BCUT2D eigenvalue weighted by molar-refractivity contribution is 6.19. The minimum atomic E-state index is -1.25. The predicted octanol–water partition coefficient (Wildman–Crippen LogP) is 0.956. The highest BCUT2D eigenvalue weighted by Crippen LogP contribution is 2.20. The van der Waals surface area contributed by atoms with Crippen LogP contribution >= 0.6 is 0 Å². The number of nitrogens with one attached hydrogen (secondary N) is 1. The van der Waals surface area contributed by atoms with Gasteiger partial charge in [0.25, 0.3) is 11.8 Å². The van der Waals surface area contributed by atoms with Crippen LogP contribution in [0.1, 0.15) is 35.2 Å². The number of benzene rings is 1. The summed E-state index contributed by atoms with van der Waals surface area (Å²) in [6.45, 7) is 0.624. The molecule has 1 aliphatic heterocycles. The first-order chi connectivity index (χ1) is 14.2. The third kappa shape index (κ3) is 6.41. The van der Waals surface area contributed by atoms with Crippen molar-refractivity contribution < 1.29 is 29.4 Å². The number of aliphatic hydroxyl groups is 1. The molecule has 0 aliphatic carbocycles. The number of Topliss-reactive ketones (excluding diaryl/α,β-unsaturated/α-hetero) is 1. The van der Waals surface area contributed by atoms with Gasteiger partial charge in [-0.15, -0.1) is 0 Å². The Morgan fingerprint density at radius 2 is 1.83 bits per heavy atom. The van der Waals surface area contributed by atoms with Crippen LogP contribution in [0, 0.1) is 0 Å². The molecule has 0 radical (unpaired) electrons. The van der Waals surface area contributed by atoms with Gasteiger partial charge in [-0.3, -0.25) is 19.2 Å². The van der Waals surface area contributed by atoms with Crippen molar-refractivity contribution in [3.8, 4) is 0 Å². The number of ketones is 1. The Labute approximate surface area is 175 Å². The van der Waals surface area contributed by atoms with Gasteiger partial charge in [0.2, 0.25) is 0 Å². The molecule has 0 atom stereocenters. The molecular formula is C21H27N3O6. The Hall–Kier alpha value is -3.20. The first kappa shape index (κ1) is 23.1. The normalized spacial score (nSPS) is 14.2. The summed E-state index contributed by atoms with van der Waals surface area (Å²) in [5.41, 5.74) is 0.948. The molecule has 3 N–H and O–H groups in total. The minimum absolute atomic E-state index is 0.0580. The van der Waals surface area contributed by atoms with Crippen LogP contribution in [0.5, 0.6) is 0 Å². The van der Waals surface area contributed by atoms with Gasteiger partial charge in [0, 0.05) is 31.5 Å². The zero-order chi connectivity index (χ0) is 22.3. The Kier molecular flexibility index (Phi) is 8.11. The summed E-state index contributed by atoms with van der Waals surface area (Å²) in [5, 5.41) is 20.7. The second kappa shape index (κ2) is 10.5. The van der Waals surface area contributed by atoms with Crippen LogP contribution in [0.3, 0.4) is 0 Å². The monoisotopic (exact) mass is 417 g/mol. The Bertz CT molecular complexity index is 845. The van der Waals surface area contributed by atoms with Crippen LogP contribution in [-0.4, -0.2) is 77.3 Å². The van der Waals surface area contributed by atoms with Crippen molar-refractivity contribution in [1.29, 1.82) is 0 Å². The number of carbonyl (C=O) groups is 4. The van der Waals surface area contributed by atoms with E-state index in [2.05, 4.69) is 5.32 Å². The third-order valence-corrected chi connectivity index (χ3v) is 4.69. The fourth-order valence-electron chi connectivity index (χ4n) is 3.09. The van der Waals surface area contributed by atoms with Crippen LogP contribution in [0.4, 0.5) is 0 Å². The van der Waals surface area contributed by atoms with E-state index in [-0.39, 0.29) is 31.1 Å². The molecule has 1 aromatic carbocycles.